The van der Waals surface area contributed by atoms with Gasteiger partial charge in [0.2, 0.25) is 0 Å². The van der Waals surface area contributed by atoms with Gasteiger partial charge in [0.25, 0.3) is 5.91 Å². The van der Waals surface area contributed by atoms with E-state index in [0.717, 1.165) is 23.2 Å². The lowest BCUT2D eigenvalue weighted by atomic mass is 10.1. The Morgan fingerprint density at radius 1 is 1.04 bits per heavy atom. The van der Waals surface area contributed by atoms with Crippen LogP contribution in [-0.2, 0) is 13.0 Å². The van der Waals surface area contributed by atoms with E-state index in [0.29, 0.717) is 23.1 Å². The number of benzene rings is 2. The van der Waals surface area contributed by atoms with Crippen molar-refractivity contribution in [2.75, 3.05) is 10.6 Å². The molecule has 26 heavy (non-hydrogen) atoms. The molecule has 6 heteroatoms. The van der Waals surface area contributed by atoms with Gasteiger partial charge in [0.1, 0.15) is 17.8 Å². The average molecular weight is 367 g/mol. The summed E-state index contributed by atoms with van der Waals surface area (Å²) in [6, 6.07) is 16.9. The molecule has 0 unspecified atom stereocenters. The van der Waals surface area contributed by atoms with Gasteiger partial charge in [-0.15, -0.1) is 0 Å². The maximum Gasteiger partial charge on any atom is 0.274 e. The Hall–Kier alpha value is -2.92. The number of aromatic nitrogens is 2. The number of nitrogens with zero attached hydrogens (tertiary/aromatic N) is 2. The molecule has 1 amide bonds. The third-order valence-corrected chi connectivity index (χ3v) is 4.33. The number of amides is 1. The Labute approximate surface area is 157 Å². The zero-order valence-electron chi connectivity index (χ0n) is 14.4. The van der Waals surface area contributed by atoms with Gasteiger partial charge in [-0.3, -0.25) is 4.79 Å². The minimum atomic E-state index is -0.269. The second kappa shape index (κ2) is 8.45. The lowest BCUT2D eigenvalue weighted by molar-refractivity contribution is 0.102. The van der Waals surface area contributed by atoms with E-state index in [1.807, 2.05) is 55.5 Å². The van der Waals surface area contributed by atoms with Crippen LogP contribution in [0.5, 0.6) is 0 Å². The molecule has 2 N–H and O–H groups in total. The highest BCUT2D eigenvalue weighted by Gasteiger charge is 2.11. The van der Waals surface area contributed by atoms with E-state index in [-0.39, 0.29) is 5.91 Å². The molecule has 0 aliphatic heterocycles. The van der Waals surface area contributed by atoms with Crippen molar-refractivity contribution >= 4 is 29.0 Å². The molecule has 0 bridgehead atoms. The van der Waals surface area contributed by atoms with Crippen LogP contribution in [0.4, 0.5) is 11.5 Å². The number of rotatable bonds is 6. The summed E-state index contributed by atoms with van der Waals surface area (Å²) in [7, 11) is 0. The number of carbonyl (C=O) groups is 1. The van der Waals surface area contributed by atoms with E-state index >= 15 is 0 Å². The first-order valence-electron chi connectivity index (χ1n) is 8.36. The molecule has 1 aromatic heterocycles. The van der Waals surface area contributed by atoms with Gasteiger partial charge < -0.3 is 10.6 Å². The van der Waals surface area contributed by atoms with Crippen molar-refractivity contribution in [1.29, 1.82) is 0 Å². The molecule has 3 rings (SSSR count). The SMILES string of the molecule is CCc1ccccc1NC(=O)c1cc(NCc2ccccc2Cl)ncn1. The van der Waals surface area contributed by atoms with E-state index in [2.05, 4.69) is 20.6 Å². The van der Waals surface area contributed by atoms with Crippen LogP contribution in [0, 0.1) is 0 Å². The molecule has 0 aliphatic rings. The second-order valence-electron chi connectivity index (χ2n) is 5.70. The molecular weight excluding hydrogens is 348 g/mol. The highest BCUT2D eigenvalue weighted by Crippen LogP contribution is 2.18. The summed E-state index contributed by atoms with van der Waals surface area (Å²) in [4.78, 5) is 20.7. The highest BCUT2D eigenvalue weighted by atomic mass is 35.5. The fourth-order valence-corrected chi connectivity index (χ4v) is 2.75. The zero-order chi connectivity index (χ0) is 18.4. The Kier molecular flexibility index (Phi) is 5.81. The number of nitrogens with one attached hydrogen (secondary N) is 2. The predicted octanol–water partition coefficient (Wildman–Crippen LogP) is 4.56. The van der Waals surface area contributed by atoms with Crippen molar-refractivity contribution in [3.05, 3.63) is 82.8 Å². The van der Waals surface area contributed by atoms with Crippen LogP contribution < -0.4 is 10.6 Å². The van der Waals surface area contributed by atoms with Gasteiger partial charge in [-0.05, 0) is 29.7 Å². The summed E-state index contributed by atoms with van der Waals surface area (Å²) in [6.07, 6.45) is 2.21. The third-order valence-electron chi connectivity index (χ3n) is 3.96. The molecule has 0 atom stereocenters. The predicted molar refractivity (Wildman–Crippen MR) is 105 cm³/mol. The third kappa shape index (κ3) is 4.37. The van der Waals surface area contributed by atoms with Crippen molar-refractivity contribution in [1.82, 2.24) is 9.97 Å². The van der Waals surface area contributed by atoms with Gasteiger partial charge >= 0.3 is 0 Å². The molecule has 1 heterocycles. The minimum absolute atomic E-state index is 0.269. The van der Waals surface area contributed by atoms with Crippen LogP contribution in [0.15, 0.2) is 60.9 Å². The number of halogens is 1. The fraction of sp³-hybridized carbons (Fsp3) is 0.150. The van der Waals surface area contributed by atoms with E-state index in [1.165, 1.54) is 6.33 Å². The van der Waals surface area contributed by atoms with E-state index in [4.69, 9.17) is 11.6 Å². The van der Waals surface area contributed by atoms with Crippen molar-refractivity contribution in [3.63, 3.8) is 0 Å². The second-order valence-corrected chi connectivity index (χ2v) is 6.11. The van der Waals surface area contributed by atoms with Crippen LogP contribution in [0.2, 0.25) is 5.02 Å². The van der Waals surface area contributed by atoms with Crippen molar-refractivity contribution < 1.29 is 4.79 Å². The minimum Gasteiger partial charge on any atom is -0.366 e. The van der Waals surface area contributed by atoms with Crippen LogP contribution in [0.3, 0.4) is 0 Å². The average Bonchev–Trinajstić information content (AvgIpc) is 2.68. The lowest BCUT2D eigenvalue weighted by Crippen LogP contribution is -2.15. The van der Waals surface area contributed by atoms with Crippen LogP contribution in [-0.4, -0.2) is 15.9 Å². The van der Waals surface area contributed by atoms with Gasteiger partial charge in [-0.2, -0.15) is 0 Å². The molecule has 0 saturated carbocycles. The Morgan fingerprint density at radius 3 is 2.54 bits per heavy atom. The number of para-hydroxylation sites is 1. The summed E-state index contributed by atoms with van der Waals surface area (Å²) in [5, 5.41) is 6.76. The quantitative estimate of drug-likeness (QED) is 0.671. The summed E-state index contributed by atoms with van der Waals surface area (Å²) in [5.74, 6) is 0.294. The Bertz CT molecular complexity index is 914. The molecule has 0 spiro atoms. The van der Waals surface area contributed by atoms with Gasteiger partial charge in [-0.25, -0.2) is 9.97 Å². The largest absolute Gasteiger partial charge is 0.366 e. The number of aryl methyl sites for hydroxylation is 1. The monoisotopic (exact) mass is 366 g/mol. The number of carbonyl (C=O) groups excluding carboxylic acids is 1. The molecule has 132 valence electrons. The van der Waals surface area contributed by atoms with E-state index in [1.54, 1.807) is 6.07 Å². The summed E-state index contributed by atoms with van der Waals surface area (Å²) < 4.78 is 0. The summed E-state index contributed by atoms with van der Waals surface area (Å²) >= 11 is 6.15. The molecule has 0 saturated heterocycles. The van der Waals surface area contributed by atoms with Crippen molar-refractivity contribution in [3.8, 4) is 0 Å². The lowest BCUT2D eigenvalue weighted by Gasteiger charge is -2.10. The molecule has 0 aliphatic carbocycles. The summed E-state index contributed by atoms with van der Waals surface area (Å²) in [5.41, 5.74) is 3.12. The maximum absolute atomic E-state index is 12.5. The maximum atomic E-state index is 12.5. The smallest absolute Gasteiger partial charge is 0.274 e. The number of hydrogen-bond acceptors (Lipinski definition) is 4. The van der Waals surface area contributed by atoms with Gasteiger partial charge in [-0.1, -0.05) is 54.9 Å². The zero-order valence-corrected chi connectivity index (χ0v) is 15.1. The first kappa shape index (κ1) is 17.9. The molecule has 5 nitrogen and oxygen atoms in total. The first-order chi connectivity index (χ1) is 12.7. The van der Waals surface area contributed by atoms with E-state index < -0.39 is 0 Å². The first-order valence-corrected chi connectivity index (χ1v) is 8.73. The van der Waals surface area contributed by atoms with E-state index in [9.17, 15) is 4.79 Å². The van der Waals surface area contributed by atoms with Gasteiger partial charge in [0, 0.05) is 23.3 Å². The molecule has 2 aromatic carbocycles. The number of anilines is 2. The highest BCUT2D eigenvalue weighted by molar-refractivity contribution is 6.31. The molecular formula is C20H19ClN4O. The van der Waals surface area contributed by atoms with Crippen molar-refractivity contribution in [2.24, 2.45) is 0 Å². The van der Waals surface area contributed by atoms with Gasteiger partial charge in [0.15, 0.2) is 0 Å². The van der Waals surface area contributed by atoms with Crippen LogP contribution in [0.1, 0.15) is 28.5 Å². The number of hydrogen-bond donors (Lipinski definition) is 2. The molecule has 3 aromatic rings. The topological polar surface area (TPSA) is 66.9 Å². The molecule has 0 fully saturated rings. The summed E-state index contributed by atoms with van der Waals surface area (Å²) in [6.45, 7) is 2.56. The normalized spacial score (nSPS) is 10.4. The van der Waals surface area contributed by atoms with Crippen LogP contribution >= 0.6 is 11.6 Å². The molecule has 0 radical (unpaired) electrons. The Balaban J connectivity index is 1.70. The Morgan fingerprint density at radius 2 is 1.77 bits per heavy atom. The standard InChI is InChI=1S/C20H19ClN4O/c1-2-14-7-4-6-10-17(14)25-20(26)18-11-19(24-13-23-18)22-12-15-8-3-5-9-16(15)21/h3-11,13H,2,12H2,1H3,(H,25,26)(H,22,23,24). The van der Waals surface area contributed by atoms with Crippen molar-refractivity contribution in [2.45, 2.75) is 19.9 Å². The van der Waals surface area contributed by atoms with Crippen LogP contribution in [0.25, 0.3) is 0 Å². The fourth-order valence-electron chi connectivity index (χ4n) is 2.54. The van der Waals surface area contributed by atoms with Gasteiger partial charge in [0.05, 0.1) is 0 Å².